The first kappa shape index (κ1) is 29.8. The molecular formula is C28H38F4N6O3. The van der Waals surface area contributed by atoms with Gasteiger partial charge in [-0.3, -0.25) is 19.3 Å². The van der Waals surface area contributed by atoms with Crippen LogP contribution in [0.15, 0.2) is 11.6 Å². The van der Waals surface area contributed by atoms with Crippen molar-refractivity contribution in [3.05, 3.63) is 11.6 Å². The zero-order valence-corrected chi connectivity index (χ0v) is 23.2. The quantitative estimate of drug-likeness (QED) is 0.488. The van der Waals surface area contributed by atoms with Gasteiger partial charge in [-0.1, -0.05) is 0 Å². The normalized spacial score (nSPS) is 37.0. The third kappa shape index (κ3) is 6.23. The molecule has 0 bridgehead atoms. The van der Waals surface area contributed by atoms with E-state index >= 15 is 0 Å². The maximum atomic E-state index is 14.5. The van der Waals surface area contributed by atoms with E-state index in [2.05, 4.69) is 15.5 Å². The first-order chi connectivity index (χ1) is 19.5. The molecule has 13 heteroatoms. The maximum Gasteiger partial charge on any atom is 0.393 e. The fourth-order valence-corrected chi connectivity index (χ4v) is 7.54. The second-order valence-corrected chi connectivity index (χ2v) is 12.3. The molecule has 3 amide bonds. The molecule has 8 atom stereocenters. The van der Waals surface area contributed by atoms with Crippen LogP contribution < -0.4 is 10.6 Å². The standard InChI is InChI=1S/C28H38F4N6O3/c1-36-7-9-37(10-8-36)27(41)20-11-16(14-33)12-21(28(30,31)32)25(20)38-6-5-17(15-38)34-26(40)19-13-23(39)35-24-18(19)3-2-4-22(24)29/h13,16-18,20-22,24-25H,2-12,15H2,1H3,(H,34,40)(H,35,39)/t16?,17-,18?,20?,21?,22?,24?,25?/m1/s1. The molecule has 3 heterocycles. The van der Waals surface area contributed by atoms with Crippen LogP contribution in [0.3, 0.4) is 0 Å². The Morgan fingerprint density at radius 3 is 2.51 bits per heavy atom. The van der Waals surface area contributed by atoms with E-state index in [1.165, 1.54) is 6.08 Å². The van der Waals surface area contributed by atoms with Gasteiger partial charge in [-0.25, -0.2) is 4.39 Å². The molecule has 2 aliphatic carbocycles. The van der Waals surface area contributed by atoms with Crippen molar-refractivity contribution in [3.8, 4) is 6.07 Å². The minimum absolute atomic E-state index is 0.0713. The van der Waals surface area contributed by atoms with E-state index in [0.29, 0.717) is 51.9 Å². The summed E-state index contributed by atoms with van der Waals surface area (Å²) >= 11 is 0. The number of hydrogen-bond donors (Lipinski definition) is 2. The lowest BCUT2D eigenvalue weighted by Gasteiger charge is -2.46. The smallest absolute Gasteiger partial charge is 0.348 e. The predicted octanol–water partition coefficient (Wildman–Crippen LogP) is 1.61. The third-order valence-electron chi connectivity index (χ3n) is 9.69. The number of likely N-dealkylation sites (N-methyl/N-ethyl adjacent to an activating group) is 1. The van der Waals surface area contributed by atoms with Gasteiger partial charge in [0.25, 0.3) is 0 Å². The summed E-state index contributed by atoms with van der Waals surface area (Å²) in [6, 6.07) is -0.389. The number of alkyl halides is 4. The Labute approximate surface area is 237 Å². The van der Waals surface area contributed by atoms with Gasteiger partial charge < -0.3 is 20.4 Å². The van der Waals surface area contributed by atoms with E-state index in [0.717, 1.165) is 0 Å². The molecule has 226 valence electrons. The zero-order chi connectivity index (χ0) is 29.5. The summed E-state index contributed by atoms with van der Waals surface area (Å²) in [5.74, 6) is -5.51. The summed E-state index contributed by atoms with van der Waals surface area (Å²) < 4.78 is 57.9. The number of nitrogens with one attached hydrogen (secondary N) is 2. The second kappa shape index (κ2) is 11.9. The van der Waals surface area contributed by atoms with Gasteiger partial charge in [-0.05, 0) is 45.6 Å². The van der Waals surface area contributed by atoms with Crippen molar-refractivity contribution in [1.82, 2.24) is 25.3 Å². The highest BCUT2D eigenvalue weighted by molar-refractivity contribution is 6.03. The van der Waals surface area contributed by atoms with Gasteiger partial charge in [0.2, 0.25) is 17.7 Å². The molecule has 2 N–H and O–H groups in total. The topological polar surface area (TPSA) is 109 Å². The van der Waals surface area contributed by atoms with E-state index in [4.69, 9.17) is 0 Å². The van der Waals surface area contributed by atoms with Crippen LogP contribution in [0.2, 0.25) is 0 Å². The Balaban J connectivity index is 1.32. The Morgan fingerprint density at radius 1 is 1.10 bits per heavy atom. The summed E-state index contributed by atoms with van der Waals surface area (Å²) in [6.45, 7) is 2.48. The molecule has 0 aromatic rings. The van der Waals surface area contributed by atoms with E-state index in [1.807, 2.05) is 13.1 Å². The lowest BCUT2D eigenvalue weighted by atomic mass is 9.70. The molecule has 2 saturated carbocycles. The van der Waals surface area contributed by atoms with Gasteiger partial charge in [-0.2, -0.15) is 18.4 Å². The molecule has 4 fully saturated rings. The van der Waals surface area contributed by atoms with E-state index in [9.17, 15) is 37.2 Å². The molecule has 5 rings (SSSR count). The van der Waals surface area contributed by atoms with Crippen LogP contribution in [-0.4, -0.2) is 109 Å². The number of likely N-dealkylation sites (tertiary alicyclic amines) is 1. The van der Waals surface area contributed by atoms with Gasteiger partial charge >= 0.3 is 6.18 Å². The van der Waals surface area contributed by atoms with Crippen molar-refractivity contribution in [2.45, 2.75) is 69.0 Å². The second-order valence-electron chi connectivity index (χ2n) is 12.3. The molecule has 0 aromatic heterocycles. The summed E-state index contributed by atoms with van der Waals surface area (Å²) in [5, 5.41) is 15.1. The first-order valence-electron chi connectivity index (χ1n) is 14.6. The van der Waals surface area contributed by atoms with Crippen molar-refractivity contribution >= 4 is 17.7 Å². The van der Waals surface area contributed by atoms with Crippen LogP contribution in [0.1, 0.15) is 38.5 Å². The van der Waals surface area contributed by atoms with Crippen molar-refractivity contribution in [3.63, 3.8) is 0 Å². The number of nitrogens with zero attached hydrogens (tertiary/aromatic N) is 4. The lowest BCUT2D eigenvalue weighted by molar-refractivity contribution is -0.209. The van der Waals surface area contributed by atoms with E-state index < -0.39 is 66.0 Å². The average molecular weight is 583 g/mol. The molecule has 7 unspecified atom stereocenters. The van der Waals surface area contributed by atoms with Crippen LogP contribution in [0.25, 0.3) is 0 Å². The van der Waals surface area contributed by atoms with Crippen LogP contribution in [0.4, 0.5) is 17.6 Å². The van der Waals surface area contributed by atoms with Gasteiger partial charge in [0, 0.05) is 74.8 Å². The summed E-state index contributed by atoms with van der Waals surface area (Å²) in [5.41, 5.74) is 0.213. The van der Waals surface area contributed by atoms with Gasteiger partial charge in [0.1, 0.15) is 6.17 Å². The number of hydrogen-bond acceptors (Lipinski definition) is 6. The number of carbonyl (C=O) groups excluding carboxylic acids is 3. The zero-order valence-electron chi connectivity index (χ0n) is 23.2. The molecule has 2 saturated heterocycles. The molecule has 5 aliphatic rings. The predicted molar refractivity (Wildman–Crippen MR) is 140 cm³/mol. The summed E-state index contributed by atoms with van der Waals surface area (Å²) in [7, 11) is 1.93. The number of fused-ring (bicyclic) bond motifs is 1. The molecule has 0 radical (unpaired) electrons. The average Bonchev–Trinajstić information content (AvgIpc) is 3.40. The Kier molecular flexibility index (Phi) is 8.62. The summed E-state index contributed by atoms with van der Waals surface area (Å²) in [4.78, 5) is 44.5. The number of rotatable bonds is 4. The molecule has 41 heavy (non-hydrogen) atoms. The molecule has 0 spiro atoms. The Hall–Kier alpha value is -2.72. The van der Waals surface area contributed by atoms with E-state index in [-0.39, 0.29) is 37.4 Å². The van der Waals surface area contributed by atoms with Crippen molar-refractivity contribution in [2.75, 3.05) is 46.3 Å². The fraction of sp³-hybridized carbons (Fsp3) is 0.786. The summed E-state index contributed by atoms with van der Waals surface area (Å²) in [6.07, 6.45) is -3.08. The van der Waals surface area contributed by atoms with Gasteiger partial charge in [-0.15, -0.1) is 0 Å². The van der Waals surface area contributed by atoms with Crippen LogP contribution >= 0.6 is 0 Å². The Morgan fingerprint density at radius 2 is 1.83 bits per heavy atom. The minimum Gasteiger partial charge on any atom is -0.348 e. The number of nitriles is 1. The largest absolute Gasteiger partial charge is 0.393 e. The van der Waals surface area contributed by atoms with E-state index in [1.54, 1.807) is 9.80 Å². The SMILES string of the molecule is CN1CCN(C(=O)C2CC(C#N)CC(C(F)(F)F)C2N2CC[C@@H](NC(=O)C3=CC(=O)NC4C(F)CCCC34)C2)CC1. The van der Waals surface area contributed by atoms with Crippen molar-refractivity contribution < 1.29 is 31.9 Å². The molecule has 0 aromatic carbocycles. The maximum absolute atomic E-state index is 14.5. The number of halogens is 4. The lowest BCUT2D eigenvalue weighted by Crippen LogP contribution is -2.59. The third-order valence-corrected chi connectivity index (χ3v) is 9.69. The minimum atomic E-state index is -4.60. The van der Waals surface area contributed by atoms with Crippen LogP contribution in [0.5, 0.6) is 0 Å². The number of carbonyl (C=O) groups is 3. The highest BCUT2D eigenvalue weighted by Crippen LogP contribution is 2.46. The number of amides is 3. The monoisotopic (exact) mass is 582 g/mol. The van der Waals surface area contributed by atoms with Gasteiger partial charge in [0.05, 0.1) is 23.9 Å². The molecule has 3 aliphatic heterocycles. The fourth-order valence-electron chi connectivity index (χ4n) is 7.54. The first-order valence-corrected chi connectivity index (χ1v) is 14.6. The number of piperazine rings is 1. The van der Waals surface area contributed by atoms with Crippen molar-refractivity contribution in [2.24, 2.45) is 23.7 Å². The van der Waals surface area contributed by atoms with Crippen LogP contribution in [0, 0.1) is 35.0 Å². The van der Waals surface area contributed by atoms with Crippen LogP contribution in [-0.2, 0) is 14.4 Å². The van der Waals surface area contributed by atoms with Gasteiger partial charge in [0.15, 0.2) is 0 Å². The highest BCUT2D eigenvalue weighted by Gasteiger charge is 2.56. The highest BCUT2D eigenvalue weighted by atomic mass is 19.4. The molecular weight excluding hydrogens is 544 g/mol. The van der Waals surface area contributed by atoms with Crippen molar-refractivity contribution in [1.29, 1.82) is 5.26 Å². The Bertz CT molecular complexity index is 1100. The molecule has 9 nitrogen and oxygen atoms in total.